The summed E-state index contributed by atoms with van der Waals surface area (Å²) in [6.07, 6.45) is 3.37. The summed E-state index contributed by atoms with van der Waals surface area (Å²) in [4.78, 5) is 53.5. The Balaban J connectivity index is 1.41. The second kappa shape index (κ2) is 9.57. The highest BCUT2D eigenvalue weighted by Gasteiger charge is 2.48. The number of anilines is 1. The first-order chi connectivity index (χ1) is 15.9. The molecule has 3 atom stereocenters. The molecule has 2 aromatic rings. The molecule has 1 saturated carbocycles. The quantitative estimate of drug-likeness (QED) is 0.685. The van der Waals surface area contributed by atoms with Crippen molar-refractivity contribution in [1.29, 1.82) is 0 Å². The number of likely N-dealkylation sites (N-methyl/N-ethyl adjacent to an activating group) is 1. The molecule has 1 aliphatic carbocycles. The molecule has 0 radical (unpaired) electrons. The third-order valence-electron chi connectivity index (χ3n) is 6.86. The largest absolute Gasteiger partial charge is 0.337 e. The van der Waals surface area contributed by atoms with Crippen LogP contribution in [0.15, 0.2) is 54.6 Å². The fourth-order valence-corrected chi connectivity index (χ4v) is 4.74. The van der Waals surface area contributed by atoms with Crippen LogP contribution in [-0.2, 0) is 14.4 Å². The molecule has 172 valence electrons. The van der Waals surface area contributed by atoms with Crippen LogP contribution in [0.25, 0.3) is 0 Å². The predicted molar refractivity (Wildman–Crippen MR) is 124 cm³/mol. The summed E-state index contributed by atoms with van der Waals surface area (Å²) in [6, 6.07) is 16.0. The lowest BCUT2D eigenvalue weighted by molar-refractivity contribution is -0.146. The summed E-state index contributed by atoms with van der Waals surface area (Å²) < 4.78 is 0. The zero-order valence-electron chi connectivity index (χ0n) is 19.0. The molecule has 1 saturated heterocycles. The van der Waals surface area contributed by atoms with Crippen molar-refractivity contribution in [1.82, 2.24) is 9.80 Å². The zero-order chi connectivity index (χ0) is 23.5. The van der Waals surface area contributed by atoms with E-state index < -0.39 is 0 Å². The second-order valence-electron chi connectivity index (χ2n) is 8.89. The maximum atomic E-state index is 13.0. The summed E-state index contributed by atoms with van der Waals surface area (Å²) in [5.74, 6) is -1.42. The number of imide groups is 1. The van der Waals surface area contributed by atoms with E-state index in [0.717, 1.165) is 36.1 Å². The van der Waals surface area contributed by atoms with E-state index in [4.69, 9.17) is 0 Å². The van der Waals surface area contributed by atoms with Crippen LogP contribution in [0.5, 0.6) is 0 Å². The molecule has 7 heteroatoms. The molecule has 2 aromatic carbocycles. The summed E-state index contributed by atoms with van der Waals surface area (Å²) in [5, 5.41) is 2.88. The highest BCUT2D eigenvalue weighted by molar-refractivity contribution is 6.07. The first-order valence-corrected chi connectivity index (χ1v) is 11.4. The van der Waals surface area contributed by atoms with Crippen LogP contribution in [0.1, 0.15) is 54.6 Å². The van der Waals surface area contributed by atoms with Crippen molar-refractivity contribution in [2.24, 2.45) is 11.8 Å². The van der Waals surface area contributed by atoms with Crippen LogP contribution in [0, 0.1) is 11.8 Å². The lowest BCUT2D eigenvalue weighted by atomic mass is 9.81. The summed E-state index contributed by atoms with van der Waals surface area (Å²) in [5.41, 5.74) is 2.02. The highest BCUT2D eigenvalue weighted by atomic mass is 16.2. The number of nitrogens with zero attached hydrogens (tertiary/aromatic N) is 2. The van der Waals surface area contributed by atoms with Gasteiger partial charge in [-0.1, -0.05) is 43.2 Å². The number of amides is 4. The molecule has 1 heterocycles. The Hall–Kier alpha value is -3.48. The third-order valence-corrected chi connectivity index (χ3v) is 6.86. The van der Waals surface area contributed by atoms with Crippen LogP contribution in [0.4, 0.5) is 5.69 Å². The molecule has 2 fully saturated rings. The summed E-state index contributed by atoms with van der Waals surface area (Å²) in [6.45, 7) is 1.65. The van der Waals surface area contributed by atoms with Gasteiger partial charge in [0.25, 0.3) is 5.91 Å². The normalized spacial score (nSPS) is 20.8. The number of carbonyl (C=O) groups excluding carboxylic acids is 4. The minimum atomic E-state index is -0.304. The minimum Gasteiger partial charge on any atom is -0.337 e. The molecular weight excluding hydrogens is 418 g/mol. The number of benzene rings is 2. The van der Waals surface area contributed by atoms with Crippen molar-refractivity contribution in [2.75, 3.05) is 18.9 Å². The average molecular weight is 448 g/mol. The Morgan fingerprint density at radius 3 is 2.27 bits per heavy atom. The Bertz CT molecular complexity index is 1040. The van der Waals surface area contributed by atoms with Crippen molar-refractivity contribution in [3.8, 4) is 0 Å². The fourth-order valence-electron chi connectivity index (χ4n) is 4.74. The van der Waals surface area contributed by atoms with Gasteiger partial charge in [0.05, 0.1) is 17.9 Å². The number of rotatable bonds is 6. The predicted octanol–water partition coefficient (Wildman–Crippen LogP) is 3.63. The van der Waals surface area contributed by atoms with E-state index in [1.165, 1.54) is 0 Å². The number of fused-ring (bicyclic) bond motifs is 1. The molecule has 0 spiro atoms. The molecular formula is C26H29N3O4. The van der Waals surface area contributed by atoms with Gasteiger partial charge in [-0.15, -0.1) is 0 Å². The summed E-state index contributed by atoms with van der Waals surface area (Å²) in [7, 11) is 1.67. The lowest BCUT2D eigenvalue weighted by Crippen LogP contribution is -2.42. The van der Waals surface area contributed by atoms with Gasteiger partial charge in [-0.25, -0.2) is 0 Å². The van der Waals surface area contributed by atoms with Gasteiger partial charge < -0.3 is 10.2 Å². The van der Waals surface area contributed by atoms with Crippen LogP contribution in [-0.4, -0.2) is 47.0 Å². The smallest absolute Gasteiger partial charge is 0.255 e. The van der Waals surface area contributed by atoms with Crippen LogP contribution in [0.2, 0.25) is 0 Å². The highest BCUT2D eigenvalue weighted by Crippen LogP contribution is 2.38. The molecule has 1 N–H and O–H groups in total. The molecule has 0 unspecified atom stereocenters. The maximum absolute atomic E-state index is 13.0. The van der Waals surface area contributed by atoms with Crippen molar-refractivity contribution in [3.05, 3.63) is 65.7 Å². The van der Waals surface area contributed by atoms with E-state index in [9.17, 15) is 19.2 Å². The number of nitrogens with one attached hydrogen (secondary N) is 1. The molecule has 0 bridgehead atoms. The third kappa shape index (κ3) is 4.67. The van der Waals surface area contributed by atoms with Gasteiger partial charge in [-0.3, -0.25) is 24.1 Å². The maximum Gasteiger partial charge on any atom is 0.255 e. The molecule has 0 aromatic heterocycles. The zero-order valence-corrected chi connectivity index (χ0v) is 19.0. The second-order valence-corrected chi connectivity index (χ2v) is 8.89. The molecule has 4 amide bonds. The number of likely N-dealkylation sites (tertiary alicyclic amines) is 1. The first kappa shape index (κ1) is 22.7. The first-order valence-electron chi connectivity index (χ1n) is 11.4. The Labute approximate surface area is 193 Å². The summed E-state index contributed by atoms with van der Waals surface area (Å²) >= 11 is 0. The topological polar surface area (TPSA) is 86.8 Å². The SMILES string of the molecule is C[C@H](c1cccc(NC(=O)c2ccccc2)c1)N(C)C(=O)CN1C(=O)[C@@H]2CCCC[C@H]2C1=O. The van der Waals surface area contributed by atoms with Gasteiger partial charge in [0.15, 0.2) is 0 Å². The molecule has 2 aliphatic rings. The van der Waals surface area contributed by atoms with Gasteiger partial charge >= 0.3 is 0 Å². The van der Waals surface area contributed by atoms with E-state index in [0.29, 0.717) is 11.3 Å². The average Bonchev–Trinajstić information content (AvgIpc) is 3.08. The molecule has 33 heavy (non-hydrogen) atoms. The number of hydrogen-bond donors (Lipinski definition) is 1. The fraction of sp³-hybridized carbons (Fsp3) is 0.385. The van der Waals surface area contributed by atoms with E-state index in [1.54, 1.807) is 42.3 Å². The van der Waals surface area contributed by atoms with Crippen molar-refractivity contribution in [3.63, 3.8) is 0 Å². The van der Waals surface area contributed by atoms with Gasteiger partial charge in [-0.2, -0.15) is 0 Å². The number of hydrogen-bond acceptors (Lipinski definition) is 4. The van der Waals surface area contributed by atoms with E-state index in [2.05, 4.69) is 5.32 Å². The lowest BCUT2D eigenvalue weighted by Gasteiger charge is -2.27. The molecule has 1 aliphatic heterocycles. The van der Waals surface area contributed by atoms with Gasteiger partial charge in [0.2, 0.25) is 17.7 Å². The van der Waals surface area contributed by atoms with Gasteiger partial charge in [0.1, 0.15) is 6.54 Å². The monoisotopic (exact) mass is 447 g/mol. The standard InChI is InChI=1S/C26H29N3O4/c1-17(19-11-8-12-20(15-19)27-24(31)18-9-4-3-5-10-18)28(2)23(30)16-29-25(32)21-13-6-7-14-22(21)26(29)33/h3-5,8-12,15,17,21-22H,6-7,13-14,16H2,1-2H3,(H,27,31)/t17-,21-,22-/m1/s1. The van der Waals surface area contributed by atoms with Gasteiger partial charge in [0, 0.05) is 18.3 Å². The Kier molecular flexibility index (Phi) is 6.58. The minimum absolute atomic E-state index is 0.204. The van der Waals surface area contributed by atoms with Crippen molar-refractivity contribution >= 4 is 29.3 Å². The number of carbonyl (C=O) groups is 4. The van der Waals surface area contributed by atoms with E-state index >= 15 is 0 Å². The Morgan fingerprint density at radius 1 is 1.00 bits per heavy atom. The molecule has 4 rings (SSSR count). The van der Waals surface area contributed by atoms with Gasteiger partial charge in [-0.05, 0) is 49.6 Å². The Morgan fingerprint density at radius 2 is 1.64 bits per heavy atom. The van der Waals surface area contributed by atoms with Crippen LogP contribution in [0.3, 0.4) is 0 Å². The van der Waals surface area contributed by atoms with Crippen LogP contribution >= 0.6 is 0 Å². The molecule has 7 nitrogen and oxygen atoms in total. The van der Waals surface area contributed by atoms with E-state index in [1.807, 2.05) is 31.2 Å². The van der Waals surface area contributed by atoms with Crippen molar-refractivity contribution < 1.29 is 19.2 Å². The van der Waals surface area contributed by atoms with Crippen LogP contribution < -0.4 is 5.32 Å². The van der Waals surface area contributed by atoms with E-state index in [-0.39, 0.29) is 48.1 Å². The van der Waals surface area contributed by atoms with Crippen molar-refractivity contribution in [2.45, 2.75) is 38.6 Å².